The summed E-state index contributed by atoms with van der Waals surface area (Å²) >= 11 is 5.81. The molecule has 23 heavy (non-hydrogen) atoms. The molecule has 0 fully saturated rings. The summed E-state index contributed by atoms with van der Waals surface area (Å²) in [6.07, 6.45) is -0.624. The maximum atomic E-state index is 11.9. The Labute approximate surface area is 138 Å². The number of nitriles is 1. The molecule has 1 aromatic heterocycles. The van der Waals surface area contributed by atoms with E-state index < -0.39 is 6.10 Å². The van der Waals surface area contributed by atoms with Gasteiger partial charge in [0, 0.05) is 18.2 Å². The van der Waals surface area contributed by atoms with Gasteiger partial charge in [-0.3, -0.25) is 4.79 Å². The van der Waals surface area contributed by atoms with Crippen LogP contribution >= 0.6 is 11.6 Å². The molecule has 1 amide bonds. The van der Waals surface area contributed by atoms with Crippen molar-refractivity contribution in [2.75, 3.05) is 6.54 Å². The Morgan fingerprint density at radius 2 is 2.26 bits per heavy atom. The number of halogens is 1. The third-order valence-corrected chi connectivity index (χ3v) is 3.11. The molecule has 2 N–H and O–H groups in total. The van der Waals surface area contributed by atoms with E-state index in [0.717, 1.165) is 0 Å². The molecule has 7 heteroatoms. The molecule has 0 aliphatic rings. The van der Waals surface area contributed by atoms with Crippen molar-refractivity contribution in [2.45, 2.75) is 13.0 Å². The molecule has 0 radical (unpaired) electrons. The minimum Gasteiger partial charge on any atom is -0.439 e. The van der Waals surface area contributed by atoms with Crippen molar-refractivity contribution in [3.63, 3.8) is 0 Å². The number of nitrogens with one attached hydrogen (secondary N) is 1. The number of carbonyl (C=O) groups excluding carboxylic acids is 1. The van der Waals surface area contributed by atoms with E-state index in [-0.39, 0.29) is 29.0 Å². The lowest BCUT2D eigenvalue weighted by molar-refractivity contribution is 0.0923. The van der Waals surface area contributed by atoms with Crippen LogP contribution in [0.15, 0.2) is 36.4 Å². The Bertz CT molecular complexity index is 756. The highest BCUT2D eigenvalue weighted by atomic mass is 35.5. The number of pyridine rings is 1. The van der Waals surface area contributed by atoms with Crippen molar-refractivity contribution in [3.05, 3.63) is 52.7 Å². The van der Waals surface area contributed by atoms with Crippen LogP contribution in [-0.2, 0) is 0 Å². The molecule has 0 saturated carbocycles. The van der Waals surface area contributed by atoms with Gasteiger partial charge in [0.15, 0.2) is 5.69 Å². The number of carbonyl (C=O) groups is 1. The Morgan fingerprint density at radius 3 is 2.96 bits per heavy atom. The second kappa shape index (κ2) is 7.58. The molecule has 0 spiro atoms. The molecule has 0 saturated heterocycles. The standard InChI is InChI=1S/C16H14ClN3O3/c1-10(21)9-19-16(22)11-3-2-4-12(7-11)23-15-6-5-13(17)14(8-18)20-15/h2-7,10,21H,9H2,1H3,(H,19,22). The third kappa shape index (κ3) is 4.68. The maximum Gasteiger partial charge on any atom is 0.251 e. The second-order valence-electron chi connectivity index (χ2n) is 4.78. The maximum absolute atomic E-state index is 11.9. The largest absolute Gasteiger partial charge is 0.439 e. The van der Waals surface area contributed by atoms with Gasteiger partial charge in [0.2, 0.25) is 5.88 Å². The first-order valence-corrected chi connectivity index (χ1v) is 7.18. The number of benzene rings is 1. The van der Waals surface area contributed by atoms with Crippen molar-refractivity contribution >= 4 is 17.5 Å². The van der Waals surface area contributed by atoms with Crippen LogP contribution in [0.3, 0.4) is 0 Å². The predicted molar refractivity (Wildman–Crippen MR) is 84.5 cm³/mol. The Hall–Kier alpha value is -2.62. The average Bonchev–Trinajstić information content (AvgIpc) is 2.54. The van der Waals surface area contributed by atoms with E-state index in [2.05, 4.69) is 10.3 Å². The summed E-state index contributed by atoms with van der Waals surface area (Å²) in [5.41, 5.74) is 0.451. The van der Waals surface area contributed by atoms with Crippen molar-refractivity contribution in [1.82, 2.24) is 10.3 Å². The number of rotatable bonds is 5. The van der Waals surface area contributed by atoms with E-state index in [9.17, 15) is 9.90 Å². The van der Waals surface area contributed by atoms with E-state index in [4.69, 9.17) is 21.6 Å². The van der Waals surface area contributed by atoms with E-state index in [1.54, 1.807) is 31.2 Å². The number of amides is 1. The van der Waals surface area contributed by atoms with Gasteiger partial charge >= 0.3 is 0 Å². The molecular formula is C16H14ClN3O3. The highest BCUT2D eigenvalue weighted by Gasteiger charge is 2.09. The lowest BCUT2D eigenvalue weighted by Gasteiger charge is -2.09. The molecule has 0 bridgehead atoms. The number of nitrogens with zero attached hydrogens (tertiary/aromatic N) is 2. The highest BCUT2D eigenvalue weighted by molar-refractivity contribution is 6.31. The zero-order valence-electron chi connectivity index (χ0n) is 12.3. The molecule has 118 valence electrons. The monoisotopic (exact) mass is 331 g/mol. The number of aliphatic hydroxyl groups is 1. The zero-order chi connectivity index (χ0) is 16.8. The molecule has 0 aliphatic carbocycles. The van der Waals surface area contributed by atoms with Crippen molar-refractivity contribution in [3.8, 4) is 17.7 Å². The van der Waals surface area contributed by atoms with E-state index in [1.165, 1.54) is 12.1 Å². The van der Waals surface area contributed by atoms with E-state index in [1.807, 2.05) is 6.07 Å². The predicted octanol–water partition coefficient (Wildman–Crippen LogP) is 2.51. The Kier molecular flexibility index (Phi) is 5.52. The minimum atomic E-state index is -0.624. The molecule has 6 nitrogen and oxygen atoms in total. The molecular weight excluding hydrogens is 318 g/mol. The normalized spacial score (nSPS) is 11.4. The van der Waals surface area contributed by atoms with E-state index >= 15 is 0 Å². The van der Waals surface area contributed by atoms with Gasteiger partial charge in [0.25, 0.3) is 5.91 Å². The highest BCUT2D eigenvalue weighted by Crippen LogP contribution is 2.23. The Balaban J connectivity index is 2.14. The van der Waals surface area contributed by atoms with Gasteiger partial charge in [-0.05, 0) is 31.2 Å². The average molecular weight is 332 g/mol. The molecule has 1 unspecified atom stereocenters. The van der Waals surface area contributed by atoms with Crippen molar-refractivity contribution in [1.29, 1.82) is 5.26 Å². The van der Waals surface area contributed by atoms with Gasteiger partial charge in [-0.1, -0.05) is 17.7 Å². The third-order valence-electron chi connectivity index (χ3n) is 2.80. The van der Waals surface area contributed by atoms with Gasteiger partial charge in [0.05, 0.1) is 11.1 Å². The summed E-state index contributed by atoms with van der Waals surface area (Å²) in [6, 6.07) is 11.4. The summed E-state index contributed by atoms with van der Waals surface area (Å²) in [7, 11) is 0. The first kappa shape index (κ1) is 16.7. The SMILES string of the molecule is CC(O)CNC(=O)c1cccc(Oc2ccc(Cl)c(C#N)n2)c1. The summed E-state index contributed by atoms with van der Waals surface area (Å²) in [4.78, 5) is 15.9. The van der Waals surface area contributed by atoms with Crippen molar-refractivity contribution in [2.24, 2.45) is 0 Å². The van der Waals surface area contributed by atoms with Gasteiger partial charge in [-0.25, -0.2) is 4.98 Å². The van der Waals surface area contributed by atoms with Crippen LogP contribution in [0, 0.1) is 11.3 Å². The van der Waals surface area contributed by atoms with Gasteiger partial charge in [-0.15, -0.1) is 0 Å². The Morgan fingerprint density at radius 1 is 1.48 bits per heavy atom. The smallest absolute Gasteiger partial charge is 0.251 e. The summed E-state index contributed by atoms with van der Waals surface area (Å²) in [6.45, 7) is 1.74. The van der Waals surface area contributed by atoms with Gasteiger partial charge in [0.1, 0.15) is 11.8 Å². The lowest BCUT2D eigenvalue weighted by atomic mass is 10.2. The minimum absolute atomic E-state index is 0.0648. The molecule has 1 heterocycles. The fourth-order valence-corrected chi connectivity index (χ4v) is 1.87. The number of ether oxygens (including phenoxy) is 1. The molecule has 0 aliphatic heterocycles. The molecule has 2 rings (SSSR count). The first-order chi connectivity index (χ1) is 11.0. The van der Waals surface area contributed by atoms with E-state index in [0.29, 0.717) is 11.3 Å². The van der Waals surface area contributed by atoms with Crippen LogP contribution in [0.4, 0.5) is 0 Å². The number of aliphatic hydroxyl groups excluding tert-OH is 1. The lowest BCUT2D eigenvalue weighted by Crippen LogP contribution is -2.30. The number of aromatic nitrogens is 1. The van der Waals surface area contributed by atoms with Crippen LogP contribution in [0.2, 0.25) is 5.02 Å². The van der Waals surface area contributed by atoms with Crippen molar-refractivity contribution < 1.29 is 14.6 Å². The number of hydrogen-bond donors (Lipinski definition) is 2. The van der Waals surface area contributed by atoms with Crippen LogP contribution < -0.4 is 10.1 Å². The van der Waals surface area contributed by atoms with Crippen LogP contribution in [0.5, 0.6) is 11.6 Å². The topological polar surface area (TPSA) is 95.2 Å². The second-order valence-corrected chi connectivity index (χ2v) is 5.19. The van der Waals surface area contributed by atoms with Crippen LogP contribution in [0.25, 0.3) is 0 Å². The first-order valence-electron chi connectivity index (χ1n) is 6.80. The molecule has 2 aromatic rings. The van der Waals surface area contributed by atoms with Crippen LogP contribution in [0.1, 0.15) is 23.0 Å². The van der Waals surface area contributed by atoms with Crippen LogP contribution in [-0.4, -0.2) is 28.6 Å². The number of hydrogen-bond acceptors (Lipinski definition) is 5. The fourth-order valence-electron chi connectivity index (χ4n) is 1.72. The summed E-state index contributed by atoms with van der Waals surface area (Å²) < 4.78 is 5.54. The molecule has 1 atom stereocenters. The van der Waals surface area contributed by atoms with Gasteiger partial charge in [-0.2, -0.15) is 5.26 Å². The van der Waals surface area contributed by atoms with Gasteiger partial charge < -0.3 is 15.2 Å². The fraction of sp³-hybridized carbons (Fsp3) is 0.188. The quantitative estimate of drug-likeness (QED) is 0.877. The molecule has 1 aromatic carbocycles. The zero-order valence-corrected chi connectivity index (χ0v) is 13.0. The summed E-state index contributed by atoms with van der Waals surface area (Å²) in [5.74, 6) is 0.277. The summed E-state index contributed by atoms with van der Waals surface area (Å²) in [5, 5.41) is 20.9.